The third-order valence-electron chi connectivity index (χ3n) is 5.32. The van der Waals surface area contributed by atoms with Gasteiger partial charge in [0.05, 0.1) is 15.8 Å². The van der Waals surface area contributed by atoms with Gasteiger partial charge >= 0.3 is 5.97 Å². The second kappa shape index (κ2) is 9.36. The largest absolute Gasteiger partial charge is 0.478 e. The van der Waals surface area contributed by atoms with Gasteiger partial charge in [0.1, 0.15) is 5.82 Å². The van der Waals surface area contributed by atoms with E-state index in [0.717, 1.165) is 22.8 Å². The molecular weight excluding hydrogens is 425 g/mol. The molecule has 0 spiro atoms. The summed E-state index contributed by atoms with van der Waals surface area (Å²) in [4.78, 5) is 20.0. The number of aromatic carboxylic acids is 1. The summed E-state index contributed by atoms with van der Waals surface area (Å²) in [5.74, 6) is -1.22. The predicted molar refractivity (Wildman–Crippen MR) is 129 cm³/mol. The number of rotatable bonds is 8. The van der Waals surface area contributed by atoms with Crippen molar-refractivity contribution in [1.29, 1.82) is 0 Å². The van der Waals surface area contributed by atoms with Crippen LogP contribution in [0.4, 0.5) is 15.2 Å². The summed E-state index contributed by atoms with van der Waals surface area (Å²) in [7, 11) is 4.03. The van der Waals surface area contributed by atoms with Crippen molar-refractivity contribution in [2.75, 3.05) is 30.4 Å². The maximum atomic E-state index is 14.3. The van der Waals surface area contributed by atoms with Crippen LogP contribution in [-0.2, 0) is 13.0 Å². The van der Waals surface area contributed by atoms with Crippen molar-refractivity contribution in [3.05, 3.63) is 89.2 Å². The number of fused-ring (bicyclic) bond motifs is 1. The van der Waals surface area contributed by atoms with Crippen LogP contribution in [0.1, 0.15) is 21.5 Å². The van der Waals surface area contributed by atoms with Gasteiger partial charge in [-0.2, -0.15) is 0 Å². The number of halogens is 1. The molecule has 7 heteroatoms. The Morgan fingerprint density at radius 2 is 1.69 bits per heavy atom. The quantitative estimate of drug-likeness (QED) is 0.388. The summed E-state index contributed by atoms with van der Waals surface area (Å²) in [5.41, 5.74) is 4.22. The van der Waals surface area contributed by atoms with Gasteiger partial charge in [-0.25, -0.2) is 14.2 Å². The van der Waals surface area contributed by atoms with E-state index in [1.165, 1.54) is 23.0 Å². The summed E-state index contributed by atoms with van der Waals surface area (Å²) in [5, 5.41) is 9.90. The number of hydrogen-bond acceptors (Lipinski definition) is 5. The van der Waals surface area contributed by atoms with Gasteiger partial charge in [-0.3, -0.25) is 0 Å². The van der Waals surface area contributed by atoms with E-state index in [1.54, 1.807) is 18.2 Å². The van der Waals surface area contributed by atoms with Crippen molar-refractivity contribution in [1.82, 2.24) is 4.98 Å². The number of anilines is 2. The monoisotopic (exact) mass is 449 g/mol. The lowest BCUT2D eigenvalue weighted by molar-refractivity contribution is 0.0697. The van der Waals surface area contributed by atoms with Crippen LogP contribution in [0.15, 0.2) is 66.7 Å². The first-order valence-corrected chi connectivity index (χ1v) is 11.1. The lowest BCUT2D eigenvalue weighted by atomic mass is 10.1. The molecule has 5 nitrogen and oxygen atoms in total. The minimum Gasteiger partial charge on any atom is -0.478 e. The molecule has 0 fully saturated rings. The average molecular weight is 450 g/mol. The van der Waals surface area contributed by atoms with Crippen LogP contribution < -0.4 is 9.80 Å². The van der Waals surface area contributed by atoms with E-state index in [0.29, 0.717) is 23.3 Å². The number of carbonyl (C=O) groups is 1. The Balaban J connectivity index is 1.59. The van der Waals surface area contributed by atoms with E-state index in [-0.39, 0.29) is 11.4 Å². The normalized spacial score (nSPS) is 11.0. The fraction of sp³-hybridized carbons (Fsp3) is 0.200. The highest BCUT2D eigenvalue weighted by Gasteiger charge is 2.15. The van der Waals surface area contributed by atoms with Gasteiger partial charge in [0, 0.05) is 32.9 Å². The summed E-state index contributed by atoms with van der Waals surface area (Å²) in [6, 6.07) is 20.2. The van der Waals surface area contributed by atoms with Crippen LogP contribution >= 0.6 is 11.3 Å². The lowest BCUT2D eigenvalue weighted by Crippen LogP contribution is -2.25. The molecule has 0 atom stereocenters. The van der Waals surface area contributed by atoms with Crippen molar-refractivity contribution in [3.8, 4) is 0 Å². The summed E-state index contributed by atoms with van der Waals surface area (Å²) in [6.07, 6.45) is 0.805. The van der Waals surface area contributed by atoms with Crippen molar-refractivity contribution in [2.45, 2.75) is 13.0 Å². The fourth-order valence-corrected chi connectivity index (χ4v) is 4.47. The van der Waals surface area contributed by atoms with Crippen molar-refractivity contribution in [3.63, 3.8) is 0 Å². The first-order valence-electron chi connectivity index (χ1n) is 10.3. The van der Waals surface area contributed by atoms with Crippen LogP contribution in [0.3, 0.4) is 0 Å². The highest BCUT2D eigenvalue weighted by molar-refractivity contribution is 7.22. The Morgan fingerprint density at radius 1 is 1.00 bits per heavy atom. The van der Waals surface area contributed by atoms with E-state index < -0.39 is 5.97 Å². The third kappa shape index (κ3) is 4.89. The van der Waals surface area contributed by atoms with Crippen molar-refractivity contribution >= 4 is 38.3 Å². The van der Waals surface area contributed by atoms with Gasteiger partial charge in [-0.05, 0) is 53.9 Å². The second-order valence-electron chi connectivity index (χ2n) is 7.82. The second-order valence-corrected chi connectivity index (χ2v) is 8.80. The summed E-state index contributed by atoms with van der Waals surface area (Å²) >= 11 is 1.34. The molecule has 32 heavy (non-hydrogen) atoms. The molecule has 1 N–H and O–H groups in total. The minimum atomic E-state index is -0.948. The summed E-state index contributed by atoms with van der Waals surface area (Å²) < 4.78 is 14.8. The van der Waals surface area contributed by atoms with E-state index in [2.05, 4.69) is 39.0 Å². The van der Waals surface area contributed by atoms with E-state index in [9.17, 15) is 9.18 Å². The lowest BCUT2D eigenvalue weighted by Gasteiger charge is -2.22. The molecule has 0 aliphatic carbocycles. The molecule has 0 saturated heterocycles. The van der Waals surface area contributed by atoms with Gasteiger partial charge in [0.25, 0.3) is 0 Å². The zero-order valence-electron chi connectivity index (χ0n) is 18.0. The molecule has 0 aliphatic heterocycles. The van der Waals surface area contributed by atoms with E-state index in [4.69, 9.17) is 5.11 Å². The maximum Gasteiger partial charge on any atom is 0.335 e. The van der Waals surface area contributed by atoms with Crippen LogP contribution in [-0.4, -0.2) is 36.7 Å². The molecule has 0 unspecified atom stereocenters. The Morgan fingerprint density at radius 3 is 2.31 bits per heavy atom. The molecule has 164 valence electrons. The van der Waals surface area contributed by atoms with Gasteiger partial charge in [-0.15, -0.1) is 0 Å². The molecule has 4 aromatic rings. The number of nitrogens with zero attached hydrogens (tertiary/aromatic N) is 3. The van der Waals surface area contributed by atoms with Crippen molar-refractivity contribution in [2.24, 2.45) is 0 Å². The molecule has 4 rings (SSSR count). The fourth-order valence-electron chi connectivity index (χ4n) is 3.48. The molecule has 1 heterocycles. The van der Waals surface area contributed by atoms with Gasteiger partial charge in [-0.1, -0.05) is 41.7 Å². The smallest absolute Gasteiger partial charge is 0.335 e. The molecule has 0 amide bonds. The molecule has 0 radical (unpaired) electrons. The Labute approximate surface area is 190 Å². The van der Waals surface area contributed by atoms with Crippen molar-refractivity contribution < 1.29 is 14.3 Å². The van der Waals surface area contributed by atoms with Crippen LogP contribution in [0.25, 0.3) is 10.2 Å². The first kappa shape index (κ1) is 21.8. The highest BCUT2D eigenvalue weighted by atomic mass is 32.1. The minimum absolute atomic E-state index is 0.253. The maximum absolute atomic E-state index is 14.3. The third-order valence-corrected chi connectivity index (χ3v) is 6.46. The number of carboxylic acids is 1. The SMILES string of the molecule is CN(C)c1ccc(CCN(Cc2ccc(C(=O)O)cc2)c2nc3cccc(F)c3s2)cc1. The molecular formula is C25H24FN3O2S. The number of carboxylic acid groups (broad SMARTS) is 1. The predicted octanol–water partition coefficient (Wildman–Crippen LogP) is 5.45. The molecule has 1 aromatic heterocycles. The number of benzene rings is 3. The standard InChI is InChI=1S/C25H24FN3O2S/c1-28(2)20-12-8-17(9-13-20)14-15-29(16-18-6-10-19(11-7-18)24(30)31)25-27-22-5-3-4-21(26)23(22)32-25/h3-13H,14-16H2,1-2H3,(H,30,31). The van der Waals surface area contributed by atoms with Crippen LogP contribution in [0.2, 0.25) is 0 Å². The van der Waals surface area contributed by atoms with Crippen LogP contribution in [0, 0.1) is 5.82 Å². The van der Waals surface area contributed by atoms with E-state index >= 15 is 0 Å². The summed E-state index contributed by atoms with van der Waals surface area (Å²) in [6.45, 7) is 1.25. The molecule has 0 saturated carbocycles. The zero-order chi connectivity index (χ0) is 22.7. The average Bonchev–Trinajstić information content (AvgIpc) is 3.23. The number of aromatic nitrogens is 1. The Kier molecular flexibility index (Phi) is 6.37. The Bertz CT molecular complexity index is 1220. The number of thiazole rings is 1. The first-order chi connectivity index (χ1) is 15.4. The molecule has 0 bridgehead atoms. The van der Waals surface area contributed by atoms with Gasteiger partial charge in [0.2, 0.25) is 0 Å². The zero-order valence-corrected chi connectivity index (χ0v) is 18.8. The Hall–Kier alpha value is -3.45. The molecule has 3 aromatic carbocycles. The van der Waals surface area contributed by atoms with Gasteiger partial charge < -0.3 is 14.9 Å². The number of hydrogen-bond donors (Lipinski definition) is 1. The van der Waals surface area contributed by atoms with Gasteiger partial charge in [0.15, 0.2) is 5.13 Å². The van der Waals surface area contributed by atoms with Crippen LogP contribution in [0.5, 0.6) is 0 Å². The van der Waals surface area contributed by atoms with E-state index in [1.807, 2.05) is 32.3 Å². The molecule has 0 aliphatic rings. The highest BCUT2D eigenvalue weighted by Crippen LogP contribution is 2.31. The topological polar surface area (TPSA) is 56.7 Å².